The lowest BCUT2D eigenvalue weighted by atomic mass is 10.2. The van der Waals surface area contributed by atoms with Gasteiger partial charge in [-0.25, -0.2) is 5.48 Å². The van der Waals surface area contributed by atoms with E-state index in [0.717, 1.165) is 26.3 Å². The van der Waals surface area contributed by atoms with Gasteiger partial charge in [0.2, 0.25) is 0 Å². The van der Waals surface area contributed by atoms with Crippen LogP contribution in [0.25, 0.3) is 17.0 Å². The van der Waals surface area contributed by atoms with E-state index in [-0.39, 0.29) is 0 Å². The molecule has 0 spiro atoms. The Balaban J connectivity index is 1.81. The largest absolute Gasteiger partial charge is 0.288 e. The molecular weight excluding hydrogens is 308 g/mol. The van der Waals surface area contributed by atoms with E-state index in [0.29, 0.717) is 0 Å². The van der Waals surface area contributed by atoms with Gasteiger partial charge in [-0.1, -0.05) is 42.1 Å². The highest BCUT2D eigenvalue weighted by Crippen LogP contribution is 2.29. The minimum atomic E-state index is -0.554. The highest BCUT2D eigenvalue weighted by Gasteiger charge is 2.01. The summed E-state index contributed by atoms with van der Waals surface area (Å²) < 4.78 is 0. The summed E-state index contributed by atoms with van der Waals surface area (Å²) in [5.74, 6) is -0.554. The summed E-state index contributed by atoms with van der Waals surface area (Å²) in [6.45, 7) is 0. The Kier molecular flexibility index (Phi) is 4.71. The van der Waals surface area contributed by atoms with E-state index < -0.39 is 5.91 Å². The third-order valence-corrected chi connectivity index (χ3v) is 4.15. The Morgan fingerprint density at radius 2 is 1.96 bits per heavy atom. The van der Waals surface area contributed by atoms with Gasteiger partial charge in [0.1, 0.15) is 0 Å². The molecule has 3 rings (SSSR count). The second kappa shape index (κ2) is 7.09. The molecule has 4 nitrogen and oxygen atoms in total. The van der Waals surface area contributed by atoms with Crippen molar-refractivity contribution < 1.29 is 10.0 Å². The normalized spacial score (nSPS) is 11.0. The molecule has 0 radical (unpaired) electrons. The molecular formula is C18H14N2O2S. The first-order valence-corrected chi connectivity index (χ1v) is 7.81. The van der Waals surface area contributed by atoms with Crippen LogP contribution >= 0.6 is 11.8 Å². The molecule has 0 fully saturated rings. The maximum atomic E-state index is 11.0. The zero-order valence-electron chi connectivity index (χ0n) is 12.1. The number of amides is 1. The average molecular weight is 322 g/mol. The number of nitrogens with zero attached hydrogens (tertiary/aromatic N) is 1. The van der Waals surface area contributed by atoms with Crippen molar-refractivity contribution >= 4 is 34.6 Å². The van der Waals surface area contributed by atoms with Crippen LogP contribution in [0.3, 0.4) is 0 Å². The number of hydroxylamine groups is 1. The quantitative estimate of drug-likeness (QED) is 0.434. The molecule has 0 aliphatic carbocycles. The summed E-state index contributed by atoms with van der Waals surface area (Å²) in [5, 5.41) is 9.59. The Morgan fingerprint density at radius 1 is 1.09 bits per heavy atom. The predicted octanol–water partition coefficient (Wildman–Crippen LogP) is 3.90. The van der Waals surface area contributed by atoms with Crippen molar-refractivity contribution in [3.63, 3.8) is 0 Å². The maximum absolute atomic E-state index is 11.0. The molecule has 1 amide bonds. The fourth-order valence-corrected chi connectivity index (χ4v) is 3.04. The van der Waals surface area contributed by atoms with Crippen LogP contribution in [0.4, 0.5) is 0 Å². The van der Waals surface area contributed by atoms with Gasteiger partial charge in [-0.05, 0) is 35.9 Å². The Morgan fingerprint density at radius 3 is 2.83 bits per heavy atom. The molecule has 0 unspecified atom stereocenters. The molecule has 23 heavy (non-hydrogen) atoms. The van der Waals surface area contributed by atoms with Crippen molar-refractivity contribution in [2.75, 3.05) is 0 Å². The van der Waals surface area contributed by atoms with E-state index in [1.807, 2.05) is 54.7 Å². The fourth-order valence-electron chi connectivity index (χ4n) is 2.13. The number of rotatable bonds is 4. The monoisotopic (exact) mass is 322 g/mol. The smallest absolute Gasteiger partial charge is 0.267 e. The lowest BCUT2D eigenvalue weighted by Crippen LogP contribution is -2.14. The molecule has 1 aromatic heterocycles. The van der Waals surface area contributed by atoms with Gasteiger partial charge in [0.15, 0.2) is 0 Å². The number of hydrogen-bond acceptors (Lipinski definition) is 4. The molecule has 1 heterocycles. The number of benzene rings is 2. The van der Waals surface area contributed by atoms with Gasteiger partial charge in [-0.3, -0.25) is 15.0 Å². The first kappa shape index (κ1) is 15.3. The molecule has 0 atom stereocenters. The molecule has 0 aliphatic heterocycles. The third kappa shape index (κ3) is 3.97. The first-order chi connectivity index (χ1) is 11.2. The first-order valence-electron chi connectivity index (χ1n) is 6.99. The summed E-state index contributed by atoms with van der Waals surface area (Å²) in [6.07, 6.45) is 4.78. The van der Waals surface area contributed by atoms with Crippen LogP contribution in [0.2, 0.25) is 0 Å². The standard InChI is InChI=1S/C18H14N2O2S/c21-18(20-22)9-8-13-4-3-6-15(10-13)23-16-11-14-5-1-2-7-17(14)19-12-16/h1-12,22H,(H,20,21)/b9-8+. The summed E-state index contributed by atoms with van der Waals surface area (Å²) in [6, 6.07) is 17.9. The molecule has 3 aromatic rings. The lowest BCUT2D eigenvalue weighted by Gasteiger charge is -2.04. The Bertz CT molecular complexity index is 878. The third-order valence-electron chi connectivity index (χ3n) is 3.20. The molecule has 2 N–H and O–H groups in total. The maximum Gasteiger partial charge on any atom is 0.267 e. The fraction of sp³-hybridized carbons (Fsp3) is 0. The molecule has 114 valence electrons. The zero-order valence-corrected chi connectivity index (χ0v) is 13.0. The van der Waals surface area contributed by atoms with Crippen molar-refractivity contribution in [3.05, 3.63) is 72.4 Å². The number of para-hydroxylation sites is 1. The summed E-state index contributed by atoms with van der Waals surface area (Å²) in [5.41, 5.74) is 3.42. The van der Waals surface area contributed by atoms with Gasteiger partial charge in [0, 0.05) is 27.5 Å². The predicted molar refractivity (Wildman–Crippen MR) is 91.3 cm³/mol. The molecule has 0 saturated carbocycles. The van der Waals surface area contributed by atoms with Crippen molar-refractivity contribution in [2.24, 2.45) is 0 Å². The van der Waals surface area contributed by atoms with Gasteiger partial charge < -0.3 is 0 Å². The molecule has 0 bridgehead atoms. The Hall–Kier alpha value is -2.63. The highest BCUT2D eigenvalue weighted by molar-refractivity contribution is 7.99. The van der Waals surface area contributed by atoms with Crippen molar-refractivity contribution in [2.45, 2.75) is 9.79 Å². The van der Waals surface area contributed by atoms with Crippen LogP contribution in [0, 0.1) is 0 Å². The van der Waals surface area contributed by atoms with E-state index in [2.05, 4.69) is 11.1 Å². The van der Waals surface area contributed by atoms with Crippen LogP contribution in [0.5, 0.6) is 0 Å². The van der Waals surface area contributed by atoms with Crippen LogP contribution < -0.4 is 5.48 Å². The summed E-state index contributed by atoms with van der Waals surface area (Å²) in [4.78, 5) is 17.6. The summed E-state index contributed by atoms with van der Waals surface area (Å²) >= 11 is 1.61. The van der Waals surface area contributed by atoms with Gasteiger partial charge in [0.25, 0.3) is 5.91 Å². The second-order valence-corrected chi connectivity index (χ2v) is 5.99. The van der Waals surface area contributed by atoms with E-state index in [9.17, 15) is 4.79 Å². The lowest BCUT2D eigenvalue weighted by molar-refractivity contribution is -0.124. The molecule has 2 aromatic carbocycles. The number of pyridine rings is 1. The van der Waals surface area contributed by atoms with E-state index in [1.165, 1.54) is 6.08 Å². The van der Waals surface area contributed by atoms with Crippen LogP contribution in [-0.2, 0) is 4.79 Å². The van der Waals surface area contributed by atoms with Crippen molar-refractivity contribution in [3.8, 4) is 0 Å². The van der Waals surface area contributed by atoms with Gasteiger partial charge in [0.05, 0.1) is 5.52 Å². The summed E-state index contributed by atoms with van der Waals surface area (Å²) in [7, 11) is 0. The molecule has 0 saturated heterocycles. The number of aromatic nitrogens is 1. The molecule has 0 aliphatic rings. The van der Waals surface area contributed by atoms with E-state index >= 15 is 0 Å². The number of nitrogens with one attached hydrogen (secondary N) is 1. The van der Waals surface area contributed by atoms with Crippen LogP contribution in [0.1, 0.15) is 5.56 Å². The number of fused-ring (bicyclic) bond motifs is 1. The number of carbonyl (C=O) groups excluding carboxylic acids is 1. The van der Waals surface area contributed by atoms with Gasteiger partial charge >= 0.3 is 0 Å². The number of carbonyl (C=O) groups is 1. The second-order valence-electron chi connectivity index (χ2n) is 4.85. The Labute approximate surface area is 137 Å². The SMILES string of the molecule is O=C(/C=C/c1cccc(Sc2cnc3ccccc3c2)c1)NO. The number of hydrogen-bond donors (Lipinski definition) is 2. The topological polar surface area (TPSA) is 62.2 Å². The van der Waals surface area contributed by atoms with Crippen molar-refractivity contribution in [1.29, 1.82) is 0 Å². The van der Waals surface area contributed by atoms with E-state index in [1.54, 1.807) is 23.3 Å². The average Bonchev–Trinajstić information content (AvgIpc) is 2.60. The minimum Gasteiger partial charge on any atom is -0.288 e. The zero-order chi connectivity index (χ0) is 16.1. The van der Waals surface area contributed by atoms with Gasteiger partial charge in [-0.2, -0.15) is 0 Å². The van der Waals surface area contributed by atoms with Crippen LogP contribution in [-0.4, -0.2) is 16.1 Å². The minimum absolute atomic E-state index is 0.554. The van der Waals surface area contributed by atoms with Crippen molar-refractivity contribution in [1.82, 2.24) is 10.5 Å². The molecule has 5 heteroatoms. The van der Waals surface area contributed by atoms with E-state index in [4.69, 9.17) is 5.21 Å². The van der Waals surface area contributed by atoms with Gasteiger partial charge in [-0.15, -0.1) is 0 Å². The van der Waals surface area contributed by atoms with Crippen LogP contribution in [0.15, 0.2) is 76.7 Å². The highest BCUT2D eigenvalue weighted by atomic mass is 32.2.